The lowest BCUT2D eigenvalue weighted by Gasteiger charge is -2.59. The molecule has 0 unspecified atom stereocenters. The van der Waals surface area contributed by atoms with E-state index in [2.05, 4.69) is 26.8 Å². The van der Waals surface area contributed by atoms with Gasteiger partial charge in [-0.25, -0.2) is 0 Å². The number of fused-ring (bicyclic) bond motifs is 7. The van der Waals surface area contributed by atoms with Crippen LogP contribution in [-0.2, 0) is 47.4 Å². The number of hydrogen-bond acceptors (Lipinski definition) is 21. The van der Waals surface area contributed by atoms with E-state index in [1.54, 1.807) is 0 Å². The first kappa shape index (κ1) is 54.3. The van der Waals surface area contributed by atoms with Gasteiger partial charge in [-0.1, -0.05) is 32.4 Å². The van der Waals surface area contributed by atoms with Crippen molar-refractivity contribution in [1.29, 1.82) is 0 Å². The Kier molecular flexibility index (Phi) is 15.5. The first-order valence-corrected chi connectivity index (χ1v) is 26.7. The van der Waals surface area contributed by atoms with Crippen LogP contribution >= 0.6 is 0 Å². The van der Waals surface area contributed by atoms with Gasteiger partial charge in [-0.05, 0) is 107 Å². The van der Waals surface area contributed by atoms with E-state index >= 15 is 0 Å². The molecule has 21 heteroatoms. The van der Waals surface area contributed by atoms with E-state index in [0.717, 1.165) is 44.9 Å². The standard InChI is InChI=1S/C51H82O21/c1-20-32-30(72-51(20)14-9-24(17-52)19-63-51)16-29-27-8-7-25-15-26(10-12-49(25,5)28(27)11-13-50(29,32)6)67-48-44(71-46-39(60)36(57)34(55)22(3)65-46)41(62)43(31(18-53)68-48)70-47-40(61)37(58)42(23(4)66-47)69-45-38(59)35(56)33(54)21(2)64-45/h7,20-24,26-48,52-62H,8-19H2,1-6H3/t20-,21-,22-,23-,24+,26-,27+,28-,29-,30-,31+,32-,33-,34-,35+,36+,37-,38+,39+,40+,41-,42-,43+,44+,45-,46-,47-,48+,49-,50-,51+/m0/s1. The molecule has 6 heterocycles. The maximum atomic E-state index is 12.3. The van der Waals surface area contributed by atoms with Crippen LogP contribution in [0.5, 0.6) is 0 Å². The van der Waals surface area contributed by atoms with Crippen LogP contribution in [0.1, 0.15) is 99.3 Å². The van der Waals surface area contributed by atoms with Crippen LogP contribution in [-0.4, -0.2) is 217 Å². The smallest absolute Gasteiger partial charge is 0.187 e. The zero-order chi connectivity index (χ0) is 51.5. The summed E-state index contributed by atoms with van der Waals surface area (Å²) in [5.74, 6) is 1.71. The molecule has 0 aromatic carbocycles. The highest BCUT2D eigenvalue weighted by Gasteiger charge is 2.69. The van der Waals surface area contributed by atoms with Crippen LogP contribution in [0, 0.1) is 46.3 Å². The van der Waals surface area contributed by atoms with Crippen molar-refractivity contribution in [1.82, 2.24) is 0 Å². The normalized spacial score (nSPS) is 57.8. The van der Waals surface area contributed by atoms with Crippen molar-refractivity contribution in [3.8, 4) is 0 Å². The number of allylic oxidation sites excluding steroid dienone is 1. The van der Waals surface area contributed by atoms with Gasteiger partial charge in [0.1, 0.15) is 79.4 Å². The van der Waals surface area contributed by atoms with Crippen molar-refractivity contribution < 1.29 is 104 Å². The maximum absolute atomic E-state index is 12.3. The Balaban J connectivity index is 0.832. The molecule has 0 bridgehead atoms. The Morgan fingerprint density at radius 2 is 1.19 bits per heavy atom. The Morgan fingerprint density at radius 1 is 0.583 bits per heavy atom. The molecule has 412 valence electrons. The quantitative estimate of drug-likeness (QED) is 0.118. The van der Waals surface area contributed by atoms with Gasteiger partial charge >= 0.3 is 0 Å². The molecular weight excluding hydrogens is 949 g/mol. The summed E-state index contributed by atoms with van der Waals surface area (Å²) in [7, 11) is 0. The average molecular weight is 1030 g/mol. The van der Waals surface area contributed by atoms with E-state index in [-0.39, 0.29) is 35.4 Å². The molecule has 1 spiro atoms. The molecule has 72 heavy (non-hydrogen) atoms. The van der Waals surface area contributed by atoms with Crippen LogP contribution < -0.4 is 0 Å². The van der Waals surface area contributed by atoms with E-state index in [9.17, 15) is 56.2 Å². The van der Waals surface area contributed by atoms with Gasteiger partial charge in [0.25, 0.3) is 0 Å². The predicted octanol–water partition coefficient (Wildman–Crippen LogP) is -0.934. The third-order valence-electron chi connectivity index (χ3n) is 19.8. The zero-order valence-corrected chi connectivity index (χ0v) is 42.2. The summed E-state index contributed by atoms with van der Waals surface area (Å²) < 4.78 is 62.1. The molecule has 31 atom stereocenters. The van der Waals surface area contributed by atoms with Crippen molar-refractivity contribution in [2.75, 3.05) is 19.8 Å². The number of hydrogen-bond donors (Lipinski definition) is 11. The third kappa shape index (κ3) is 9.09. The van der Waals surface area contributed by atoms with E-state index < -0.39 is 141 Å². The Bertz CT molecular complexity index is 1910. The summed E-state index contributed by atoms with van der Waals surface area (Å²) >= 11 is 0. The second kappa shape index (κ2) is 20.6. The summed E-state index contributed by atoms with van der Waals surface area (Å²) in [6, 6.07) is 0. The minimum absolute atomic E-state index is 0.0815. The zero-order valence-electron chi connectivity index (χ0n) is 42.2. The van der Waals surface area contributed by atoms with Crippen molar-refractivity contribution in [3.63, 3.8) is 0 Å². The Morgan fingerprint density at radius 3 is 1.81 bits per heavy atom. The molecule has 10 aliphatic rings. The minimum atomic E-state index is -1.85. The highest BCUT2D eigenvalue weighted by molar-refractivity contribution is 5.26. The van der Waals surface area contributed by atoms with Gasteiger partial charge < -0.3 is 104 Å². The number of aliphatic hydroxyl groups is 11. The number of aliphatic hydroxyl groups excluding tert-OH is 11. The molecule has 21 nitrogen and oxygen atoms in total. The molecule has 4 aliphatic carbocycles. The van der Waals surface area contributed by atoms with Gasteiger partial charge in [-0.3, -0.25) is 0 Å². The molecule has 11 N–H and O–H groups in total. The lowest BCUT2D eigenvalue weighted by atomic mass is 9.47. The molecule has 0 aromatic rings. The van der Waals surface area contributed by atoms with Crippen LogP contribution in [0.3, 0.4) is 0 Å². The Hall–Kier alpha value is -1.10. The van der Waals surface area contributed by atoms with Crippen LogP contribution in [0.15, 0.2) is 11.6 Å². The molecule has 10 rings (SSSR count). The summed E-state index contributed by atoms with van der Waals surface area (Å²) in [6.45, 7) is 11.6. The predicted molar refractivity (Wildman–Crippen MR) is 245 cm³/mol. The topological polar surface area (TPSA) is 315 Å². The largest absolute Gasteiger partial charge is 0.396 e. The van der Waals surface area contributed by atoms with E-state index in [4.69, 9.17) is 47.4 Å². The number of ether oxygens (including phenoxy) is 10. The van der Waals surface area contributed by atoms with E-state index in [1.807, 2.05) is 0 Å². The molecule has 0 amide bonds. The van der Waals surface area contributed by atoms with Crippen molar-refractivity contribution in [3.05, 3.63) is 11.6 Å². The fourth-order valence-corrected chi connectivity index (χ4v) is 15.5. The second-order valence-electron chi connectivity index (χ2n) is 23.8. The molecule has 6 aliphatic heterocycles. The van der Waals surface area contributed by atoms with Gasteiger partial charge in [-0.15, -0.1) is 0 Å². The minimum Gasteiger partial charge on any atom is -0.396 e. The third-order valence-corrected chi connectivity index (χ3v) is 19.8. The summed E-state index contributed by atoms with van der Waals surface area (Å²) in [5.41, 5.74) is 1.34. The fourth-order valence-electron chi connectivity index (χ4n) is 15.5. The first-order chi connectivity index (χ1) is 34.1. The van der Waals surface area contributed by atoms with E-state index in [1.165, 1.54) is 26.3 Å². The van der Waals surface area contributed by atoms with Crippen molar-refractivity contribution in [2.24, 2.45) is 46.3 Å². The van der Waals surface area contributed by atoms with Crippen molar-refractivity contribution in [2.45, 2.75) is 240 Å². The molecule has 0 aromatic heterocycles. The van der Waals surface area contributed by atoms with Gasteiger partial charge in [-0.2, -0.15) is 0 Å². The maximum Gasteiger partial charge on any atom is 0.187 e. The van der Waals surface area contributed by atoms with E-state index in [0.29, 0.717) is 43.1 Å². The first-order valence-electron chi connectivity index (χ1n) is 26.7. The monoisotopic (exact) mass is 1030 g/mol. The van der Waals surface area contributed by atoms with Gasteiger partial charge in [0, 0.05) is 24.9 Å². The molecule has 6 saturated heterocycles. The second-order valence-corrected chi connectivity index (χ2v) is 23.8. The van der Waals surface area contributed by atoms with Crippen LogP contribution in [0.4, 0.5) is 0 Å². The summed E-state index contributed by atoms with van der Waals surface area (Å²) in [6.07, 6.45) is -19.8. The van der Waals surface area contributed by atoms with Gasteiger partial charge in [0.15, 0.2) is 30.9 Å². The van der Waals surface area contributed by atoms with Crippen LogP contribution in [0.2, 0.25) is 0 Å². The van der Waals surface area contributed by atoms with Gasteiger partial charge in [0.2, 0.25) is 0 Å². The SMILES string of the molecule is C[C@@H]1O[C@@H](O[C@@H]2[C@@H](O)[C@@H](O)[C@H](O[C@H]3[C@H](O)[C@@H](O[C@@H]4O[C@@H](C)[C@H](O)[C@@H](O)[C@H]4O)[C@H](O[C@H]4CC[C@@]5(C)C(=CC[C@H]6[C@@H]7C[C@@H]8O[C@]9(CC[C@H](CO)CO9)[C@@H](C)[C@@H]8[C@@]7(C)CC[C@@H]65)C4)O[C@@H]3CO)O[C@H]2C)[C@H](O)[C@H](O)[C@H]1O. The highest BCUT2D eigenvalue weighted by atomic mass is 16.8. The molecular formula is C51H82O21. The lowest BCUT2D eigenvalue weighted by Crippen LogP contribution is -2.67. The van der Waals surface area contributed by atoms with Gasteiger partial charge in [0.05, 0.1) is 43.7 Å². The average Bonchev–Trinajstić information content (AvgIpc) is 3.81. The lowest BCUT2D eigenvalue weighted by molar-refractivity contribution is -0.394. The van der Waals surface area contributed by atoms with Crippen molar-refractivity contribution >= 4 is 0 Å². The Labute approximate surface area is 420 Å². The number of rotatable bonds is 10. The molecule has 9 fully saturated rings. The summed E-state index contributed by atoms with van der Waals surface area (Å²) in [4.78, 5) is 0. The highest BCUT2D eigenvalue weighted by Crippen LogP contribution is 2.71. The molecule has 3 saturated carbocycles. The summed E-state index contributed by atoms with van der Waals surface area (Å²) in [5, 5.41) is 119. The van der Waals surface area contributed by atoms with Crippen LogP contribution in [0.25, 0.3) is 0 Å². The molecule has 0 radical (unpaired) electrons. The fraction of sp³-hybridized carbons (Fsp3) is 0.961.